The molecule has 8 aromatic carbocycles. The summed E-state index contributed by atoms with van der Waals surface area (Å²) in [6, 6.07) is 50.1. The number of thiophene rings is 1. The minimum atomic E-state index is 1.26. The predicted molar refractivity (Wildman–Crippen MR) is 189 cm³/mol. The number of aryl methyl sites for hydroxylation is 2. The average molecular weight is 565 g/mol. The molecule has 0 atom stereocenters. The van der Waals surface area contributed by atoms with Gasteiger partial charge < -0.3 is 0 Å². The molecule has 0 N–H and O–H groups in total. The molecule has 0 radical (unpaired) electrons. The molecular weight excluding hydrogens is 537 g/mol. The molecule has 0 saturated heterocycles. The van der Waals surface area contributed by atoms with Gasteiger partial charge in [-0.1, -0.05) is 132 Å². The van der Waals surface area contributed by atoms with E-state index in [9.17, 15) is 0 Å². The van der Waals surface area contributed by atoms with Crippen LogP contribution in [0.3, 0.4) is 0 Å². The third-order valence-corrected chi connectivity index (χ3v) is 10.4. The fourth-order valence-electron chi connectivity index (χ4n) is 7.04. The summed E-state index contributed by atoms with van der Waals surface area (Å²) in [5.41, 5.74) is 10.3. The number of hydrogen-bond acceptors (Lipinski definition) is 1. The van der Waals surface area contributed by atoms with E-state index in [1.54, 1.807) is 0 Å². The van der Waals surface area contributed by atoms with Gasteiger partial charge in [0.25, 0.3) is 0 Å². The molecule has 0 unspecified atom stereocenters. The van der Waals surface area contributed by atoms with Gasteiger partial charge in [-0.15, -0.1) is 11.3 Å². The molecule has 202 valence electrons. The van der Waals surface area contributed by atoms with Crippen LogP contribution in [0.1, 0.15) is 11.1 Å². The second kappa shape index (κ2) is 9.26. The third kappa shape index (κ3) is 3.68. The van der Waals surface area contributed by atoms with Crippen LogP contribution in [-0.2, 0) is 0 Å². The van der Waals surface area contributed by atoms with Crippen molar-refractivity contribution in [1.82, 2.24) is 0 Å². The van der Waals surface area contributed by atoms with E-state index in [0.29, 0.717) is 0 Å². The van der Waals surface area contributed by atoms with Gasteiger partial charge in [0.05, 0.1) is 0 Å². The lowest BCUT2D eigenvalue weighted by molar-refractivity contribution is 1.47. The van der Waals surface area contributed by atoms with E-state index in [0.717, 1.165) is 0 Å². The van der Waals surface area contributed by atoms with E-state index in [2.05, 4.69) is 147 Å². The summed E-state index contributed by atoms with van der Waals surface area (Å²) >= 11 is 1.91. The first-order valence-corrected chi connectivity index (χ1v) is 15.7. The number of hydrogen-bond donors (Lipinski definition) is 0. The van der Waals surface area contributed by atoms with Gasteiger partial charge in [0.15, 0.2) is 0 Å². The molecule has 43 heavy (non-hydrogen) atoms. The van der Waals surface area contributed by atoms with Gasteiger partial charge >= 0.3 is 0 Å². The minimum absolute atomic E-state index is 1.26. The zero-order valence-electron chi connectivity index (χ0n) is 24.1. The molecule has 0 bridgehead atoms. The van der Waals surface area contributed by atoms with Gasteiger partial charge in [-0.25, -0.2) is 0 Å². The molecule has 1 heteroatoms. The zero-order chi connectivity index (χ0) is 28.7. The highest BCUT2D eigenvalue weighted by molar-refractivity contribution is 7.26. The van der Waals surface area contributed by atoms with Crippen molar-refractivity contribution < 1.29 is 0 Å². The predicted octanol–water partition coefficient (Wildman–Crippen LogP) is 12.6. The van der Waals surface area contributed by atoms with Crippen LogP contribution in [0.2, 0.25) is 0 Å². The Kier molecular flexibility index (Phi) is 5.30. The van der Waals surface area contributed by atoms with Crippen LogP contribution in [0.25, 0.3) is 85.9 Å². The first-order valence-electron chi connectivity index (χ1n) is 14.9. The highest BCUT2D eigenvalue weighted by atomic mass is 32.1. The van der Waals surface area contributed by atoms with Crippen LogP contribution in [0, 0.1) is 13.8 Å². The lowest BCUT2D eigenvalue weighted by Gasteiger charge is -2.20. The summed E-state index contributed by atoms with van der Waals surface area (Å²) in [5, 5.41) is 10.6. The van der Waals surface area contributed by atoms with E-state index in [-0.39, 0.29) is 0 Å². The van der Waals surface area contributed by atoms with E-state index < -0.39 is 0 Å². The van der Waals surface area contributed by atoms with Gasteiger partial charge in [0, 0.05) is 25.7 Å². The van der Waals surface area contributed by atoms with Crippen LogP contribution >= 0.6 is 11.3 Å². The summed E-state index contributed by atoms with van der Waals surface area (Å²) in [4.78, 5) is 0. The van der Waals surface area contributed by atoms with Gasteiger partial charge in [-0.2, -0.15) is 0 Å². The van der Waals surface area contributed by atoms with Gasteiger partial charge in [-0.05, 0) is 86.1 Å². The van der Waals surface area contributed by atoms with Crippen molar-refractivity contribution >= 4 is 63.8 Å². The molecule has 0 amide bonds. The van der Waals surface area contributed by atoms with E-state index >= 15 is 0 Å². The van der Waals surface area contributed by atoms with Crippen LogP contribution in [0.4, 0.5) is 0 Å². The standard InChI is InChI=1S/C42H28S/c1-25-10-14-27(15-11-25)30-20-18-29-19-21-33-37(28-16-12-26(2)13-17-28)24-38(34-23-22-32(30)40(29)41(33)34)36-8-5-7-35-31-6-3-4-9-39(31)43-42(35)36/h3-24H,1-2H3. The highest BCUT2D eigenvalue weighted by Crippen LogP contribution is 2.48. The summed E-state index contributed by atoms with van der Waals surface area (Å²) in [5.74, 6) is 0. The Hall–Kier alpha value is -4.98. The SMILES string of the molecule is Cc1ccc(-c2ccc3ccc4c(-c5ccc(C)cc5)cc(-c5cccc6c5sc5ccccc56)c5ccc2c3c45)cc1. The largest absolute Gasteiger partial charge is 0.135 e. The van der Waals surface area contributed by atoms with Gasteiger partial charge in [-0.3, -0.25) is 0 Å². The summed E-state index contributed by atoms with van der Waals surface area (Å²) in [6.07, 6.45) is 0. The number of fused-ring (bicyclic) bond motifs is 3. The number of rotatable bonds is 3. The van der Waals surface area contributed by atoms with Crippen LogP contribution in [0.5, 0.6) is 0 Å². The summed E-state index contributed by atoms with van der Waals surface area (Å²) in [7, 11) is 0. The second-order valence-corrected chi connectivity index (χ2v) is 12.9. The fraction of sp³-hybridized carbons (Fsp3) is 0.0476. The molecule has 0 fully saturated rings. The van der Waals surface area contributed by atoms with Crippen LogP contribution in [0.15, 0.2) is 133 Å². The van der Waals surface area contributed by atoms with Crippen molar-refractivity contribution in [3.63, 3.8) is 0 Å². The Bertz CT molecular complexity index is 2490. The number of benzene rings is 8. The van der Waals surface area contributed by atoms with Gasteiger partial charge in [0.1, 0.15) is 0 Å². The van der Waals surface area contributed by atoms with E-state index in [4.69, 9.17) is 0 Å². The van der Waals surface area contributed by atoms with Crippen LogP contribution in [-0.4, -0.2) is 0 Å². The average Bonchev–Trinajstić information content (AvgIpc) is 3.43. The molecule has 0 spiro atoms. The highest BCUT2D eigenvalue weighted by Gasteiger charge is 2.20. The molecule has 1 aromatic heterocycles. The maximum absolute atomic E-state index is 2.45. The smallest absolute Gasteiger partial charge is 0.0434 e. The monoisotopic (exact) mass is 564 g/mol. The molecule has 9 rings (SSSR count). The normalized spacial score (nSPS) is 12.0. The molecule has 0 aliphatic heterocycles. The van der Waals surface area contributed by atoms with E-state index in [1.165, 1.54) is 97.0 Å². The maximum atomic E-state index is 2.45. The first kappa shape index (κ1) is 24.6. The lowest BCUT2D eigenvalue weighted by Crippen LogP contribution is -1.92. The Labute approximate surface area is 254 Å². The fourth-order valence-corrected chi connectivity index (χ4v) is 8.27. The Morgan fingerprint density at radius 2 is 1.00 bits per heavy atom. The van der Waals surface area contributed by atoms with Crippen molar-refractivity contribution in [2.45, 2.75) is 13.8 Å². The Morgan fingerprint density at radius 1 is 0.395 bits per heavy atom. The Morgan fingerprint density at radius 3 is 1.77 bits per heavy atom. The van der Waals surface area contributed by atoms with Crippen molar-refractivity contribution in [2.75, 3.05) is 0 Å². The van der Waals surface area contributed by atoms with Crippen molar-refractivity contribution in [2.24, 2.45) is 0 Å². The molecular formula is C42H28S. The van der Waals surface area contributed by atoms with E-state index in [1.807, 2.05) is 11.3 Å². The van der Waals surface area contributed by atoms with Gasteiger partial charge in [0.2, 0.25) is 0 Å². The lowest BCUT2D eigenvalue weighted by atomic mass is 9.84. The zero-order valence-corrected chi connectivity index (χ0v) is 24.9. The maximum Gasteiger partial charge on any atom is 0.0434 e. The molecule has 0 aliphatic rings. The topological polar surface area (TPSA) is 0 Å². The quantitative estimate of drug-likeness (QED) is 0.187. The van der Waals surface area contributed by atoms with Crippen LogP contribution < -0.4 is 0 Å². The second-order valence-electron chi connectivity index (χ2n) is 11.8. The minimum Gasteiger partial charge on any atom is -0.135 e. The molecule has 0 nitrogen and oxygen atoms in total. The molecule has 0 aliphatic carbocycles. The summed E-state index contributed by atoms with van der Waals surface area (Å²) in [6.45, 7) is 4.31. The van der Waals surface area contributed by atoms with Crippen molar-refractivity contribution in [1.29, 1.82) is 0 Å². The van der Waals surface area contributed by atoms with Crippen molar-refractivity contribution in [3.05, 3.63) is 145 Å². The summed E-state index contributed by atoms with van der Waals surface area (Å²) < 4.78 is 2.69. The first-order chi connectivity index (χ1) is 21.1. The molecule has 9 aromatic rings. The van der Waals surface area contributed by atoms with Crippen molar-refractivity contribution in [3.8, 4) is 33.4 Å². The molecule has 1 heterocycles. The third-order valence-electron chi connectivity index (χ3n) is 9.20. The Balaban J connectivity index is 1.44. The molecule has 0 saturated carbocycles.